The van der Waals surface area contributed by atoms with Crippen LogP contribution >= 0.6 is 0 Å². The van der Waals surface area contributed by atoms with E-state index in [-0.39, 0.29) is 36.5 Å². The van der Waals surface area contributed by atoms with Crippen LogP contribution in [0.3, 0.4) is 0 Å². The molecular weight excluding hydrogens is 431 g/mol. The average Bonchev–Trinajstić information content (AvgIpc) is 3.40. The van der Waals surface area contributed by atoms with Gasteiger partial charge in [-0.05, 0) is 35.9 Å². The number of rotatable bonds is 6. The lowest BCUT2D eigenvalue weighted by atomic mass is 10.1. The Hall–Kier alpha value is -4.00. The monoisotopic (exact) mass is 456 g/mol. The Morgan fingerprint density at radius 3 is 2.62 bits per heavy atom. The van der Waals surface area contributed by atoms with Crippen LogP contribution in [0.4, 0.5) is 10.1 Å². The minimum absolute atomic E-state index is 0.0421. The predicted molar refractivity (Wildman–Crippen MR) is 129 cm³/mol. The molecule has 172 valence electrons. The molecule has 0 bridgehead atoms. The number of carbonyl (C=O) groups is 2. The van der Waals surface area contributed by atoms with E-state index in [9.17, 15) is 14.0 Å². The Labute approximate surface area is 197 Å². The van der Waals surface area contributed by atoms with Crippen LogP contribution in [0, 0.1) is 5.82 Å². The van der Waals surface area contributed by atoms with E-state index in [0.717, 1.165) is 16.6 Å². The van der Waals surface area contributed by atoms with E-state index in [4.69, 9.17) is 4.98 Å². The first-order valence-corrected chi connectivity index (χ1v) is 11.3. The molecule has 6 nitrogen and oxygen atoms in total. The molecule has 0 saturated carbocycles. The first-order valence-electron chi connectivity index (χ1n) is 11.3. The van der Waals surface area contributed by atoms with Crippen LogP contribution in [0.15, 0.2) is 78.9 Å². The van der Waals surface area contributed by atoms with Crippen LogP contribution in [0.25, 0.3) is 11.0 Å². The molecule has 2 heterocycles. The summed E-state index contributed by atoms with van der Waals surface area (Å²) in [6.07, 6.45) is 0.258. The number of aromatic nitrogens is 2. The van der Waals surface area contributed by atoms with E-state index in [1.54, 1.807) is 29.0 Å². The molecule has 0 radical (unpaired) electrons. The minimum atomic E-state index is -0.381. The zero-order valence-electron chi connectivity index (χ0n) is 18.9. The number of amides is 2. The van der Waals surface area contributed by atoms with Gasteiger partial charge in [0.1, 0.15) is 18.2 Å². The van der Waals surface area contributed by atoms with Crippen LogP contribution in [-0.2, 0) is 22.7 Å². The van der Waals surface area contributed by atoms with Crippen LogP contribution in [0.1, 0.15) is 23.7 Å². The average molecular weight is 457 g/mol. The van der Waals surface area contributed by atoms with Gasteiger partial charge in [0.25, 0.3) is 0 Å². The Bertz CT molecular complexity index is 1350. The zero-order valence-corrected chi connectivity index (χ0v) is 18.9. The normalized spacial score (nSPS) is 15.8. The van der Waals surface area contributed by atoms with Gasteiger partial charge < -0.3 is 14.4 Å². The summed E-state index contributed by atoms with van der Waals surface area (Å²) in [5, 5.41) is 0. The van der Waals surface area contributed by atoms with E-state index >= 15 is 0 Å². The number of nitrogens with zero attached hydrogens (tertiary/aromatic N) is 4. The maximum Gasteiger partial charge on any atom is 0.242 e. The highest BCUT2D eigenvalue weighted by atomic mass is 19.1. The van der Waals surface area contributed by atoms with Crippen molar-refractivity contribution in [3.63, 3.8) is 0 Å². The van der Waals surface area contributed by atoms with Gasteiger partial charge in [0.05, 0.1) is 11.0 Å². The fourth-order valence-corrected chi connectivity index (χ4v) is 4.55. The molecular formula is C27H25FN4O2. The Morgan fingerprint density at radius 2 is 1.82 bits per heavy atom. The Morgan fingerprint density at radius 1 is 1.06 bits per heavy atom. The lowest BCUT2D eigenvalue weighted by Gasteiger charge is -2.20. The molecule has 1 aliphatic rings. The lowest BCUT2D eigenvalue weighted by molar-refractivity contribution is -0.131. The Balaban J connectivity index is 1.42. The van der Waals surface area contributed by atoms with Crippen molar-refractivity contribution in [3.8, 4) is 0 Å². The molecule has 0 spiro atoms. The molecule has 4 aromatic rings. The SMILES string of the molecule is CN(Cc1ccccc1)C(=O)Cn1c(C2CC(=O)N(c3cccc(F)c3)C2)nc2ccccc21. The molecule has 1 atom stereocenters. The van der Waals surface area contributed by atoms with Crippen LogP contribution in [0.5, 0.6) is 0 Å². The second-order valence-electron chi connectivity index (χ2n) is 8.67. The number of para-hydroxylation sites is 2. The van der Waals surface area contributed by atoms with Gasteiger partial charge in [-0.2, -0.15) is 0 Å². The van der Waals surface area contributed by atoms with Gasteiger partial charge in [-0.3, -0.25) is 9.59 Å². The van der Waals surface area contributed by atoms with E-state index in [1.807, 2.05) is 59.2 Å². The van der Waals surface area contributed by atoms with Gasteiger partial charge in [0, 0.05) is 38.2 Å². The van der Waals surface area contributed by atoms with Crippen molar-refractivity contribution in [1.82, 2.24) is 14.5 Å². The van der Waals surface area contributed by atoms with E-state index < -0.39 is 0 Å². The number of likely N-dealkylation sites (N-methyl/N-ethyl adjacent to an activating group) is 1. The molecule has 1 aromatic heterocycles. The van der Waals surface area contributed by atoms with Crippen molar-refractivity contribution in [3.05, 3.63) is 96.1 Å². The zero-order chi connectivity index (χ0) is 23.7. The van der Waals surface area contributed by atoms with Crippen molar-refractivity contribution in [2.45, 2.75) is 25.4 Å². The molecule has 34 heavy (non-hydrogen) atoms. The number of imidazole rings is 1. The number of carbonyl (C=O) groups excluding carboxylic acids is 2. The third-order valence-corrected chi connectivity index (χ3v) is 6.28. The number of fused-ring (bicyclic) bond motifs is 1. The fraction of sp³-hybridized carbons (Fsp3) is 0.222. The topological polar surface area (TPSA) is 58.4 Å². The molecule has 1 fully saturated rings. The maximum atomic E-state index is 13.8. The number of hydrogen-bond acceptors (Lipinski definition) is 3. The van der Waals surface area contributed by atoms with Crippen molar-refractivity contribution < 1.29 is 14.0 Å². The van der Waals surface area contributed by atoms with Crippen LogP contribution < -0.4 is 4.90 Å². The van der Waals surface area contributed by atoms with E-state index in [1.165, 1.54) is 12.1 Å². The predicted octanol–water partition coefficient (Wildman–Crippen LogP) is 4.35. The highest BCUT2D eigenvalue weighted by Crippen LogP contribution is 2.33. The summed E-state index contributed by atoms with van der Waals surface area (Å²) in [7, 11) is 1.79. The second-order valence-corrected chi connectivity index (χ2v) is 8.67. The lowest BCUT2D eigenvalue weighted by Crippen LogP contribution is -2.30. The summed E-state index contributed by atoms with van der Waals surface area (Å²) < 4.78 is 15.7. The molecule has 2 amide bonds. The van der Waals surface area contributed by atoms with Gasteiger partial charge >= 0.3 is 0 Å². The molecule has 5 rings (SSSR count). The highest BCUT2D eigenvalue weighted by molar-refractivity contribution is 5.96. The third kappa shape index (κ3) is 4.29. The first kappa shape index (κ1) is 21.8. The molecule has 3 aromatic carbocycles. The van der Waals surface area contributed by atoms with E-state index in [0.29, 0.717) is 24.6 Å². The smallest absolute Gasteiger partial charge is 0.242 e. The third-order valence-electron chi connectivity index (χ3n) is 6.28. The number of hydrogen-bond donors (Lipinski definition) is 0. The second kappa shape index (κ2) is 9.09. The van der Waals surface area contributed by atoms with Crippen molar-refractivity contribution >= 4 is 28.5 Å². The number of halogens is 1. The van der Waals surface area contributed by atoms with Crippen molar-refractivity contribution in [2.75, 3.05) is 18.5 Å². The van der Waals surface area contributed by atoms with Crippen LogP contribution in [0.2, 0.25) is 0 Å². The molecule has 1 unspecified atom stereocenters. The van der Waals surface area contributed by atoms with E-state index in [2.05, 4.69) is 0 Å². The van der Waals surface area contributed by atoms with Gasteiger partial charge in [-0.25, -0.2) is 9.37 Å². The fourth-order valence-electron chi connectivity index (χ4n) is 4.55. The number of benzene rings is 3. The van der Waals surface area contributed by atoms with Gasteiger partial charge in [0.15, 0.2) is 0 Å². The molecule has 1 saturated heterocycles. The van der Waals surface area contributed by atoms with Gasteiger partial charge in [-0.15, -0.1) is 0 Å². The highest BCUT2D eigenvalue weighted by Gasteiger charge is 2.35. The molecule has 0 N–H and O–H groups in total. The van der Waals surface area contributed by atoms with Crippen LogP contribution in [-0.4, -0.2) is 39.9 Å². The molecule has 1 aliphatic heterocycles. The quantitative estimate of drug-likeness (QED) is 0.433. The van der Waals surface area contributed by atoms with Gasteiger partial charge in [-0.1, -0.05) is 48.5 Å². The standard InChI is InChI=1S/C27H25FN4O2/c1-30(16-19-8-3-2-4-9-19)26(34)18-32-24-13-6-5-12-23(24)29-27(32)20-14-25(33)31(17-20)22-11-7-10-21(28)15-22/h2-13,15,20H,14,16-18H2,1H3. The molecule has 0 aliphatic carbocycles. The number of anilines is 1. The van der Waals surface area contributed by atoms with Crippen molar-refractivity contribution in [2.24, 2.45) is 0 Å². The minimum Gasteiger partial charge on any atom is -0.340 e. The summed E-state index contributed by atoms with van der Waals surface area (Å²) in [6.45, 7) is 1.03. The summed E-state index contributed by atoms with van der Waals surface area (Å²) in [4.78, 5) is 34.1. The Kier molecular flexibility index (Phi) is 5.84. The van der Waals surface area contributed by atoms with Gasteiger partial charge in [0.2, 0.25) is 11.8 Å². The maximum absolute atomic E-state index is 13.8. The summed E-state index contributed by atoms with van der Waals surface area (Å²) in [6, 6.07) is 23.6. The van der Waals surface area contributed by atoms with Crippen molar-refractivity contribution in [1.29, 1.82) is 0 Å². The summed E-state index contributed by atoms with van der Waals surface area (Å²) in [5.41, 5.74) is 3.23. The summed E-state index contributed by atoms with van der Waals surface area (Å²) in [5.74, 6) is -0.000330. The molecule has 7 heteroatoms. The first-order chi connectivity index (χ1) is 16.5. The largest absolute Gasteiger partial charge is 0.340 e. The summed E-state index contributed by atoms with van der Waals surface area (Å²) >= 11 is 0.